The van der Waals surface area contributed by atoms with Crippen molar-refractivity contribution >= 4 is 15.9 Å². The van der Waals surface area contributed by atoms with Crippen LogP contribution in [0, 0.1) is 0 Å². The molecule has 0 saturated heterocycles. The van der Waals surface area contributed by atoms with Crippen LogP contribution in [0.25, 0.3) is 0 Å². The van der Waals surface area contributed by atoms with Crippen LogP contribution in [-0.2, 0) is 14.2 Å². The molecule has 2 atom stereocenters. The first-order valence-corrected chi connectivity index (χ1v) is 7.58. The fourth-order valence-corrected chi connectivity index (χ4v) is 2.82. The maximum absolute atomic E-state index is 5.88. The standard InChI is InChI=1S/C13H25BrO3/c1-15-8-5-9-16-10-11-17-13-7-4-2-3-6-12(13)14/h12-13H,2-11H2,1H3. The number of methoxy groups -OCH3 is 1. The van der Waals surface area contributed by atoms with Crippen LogP contribution < -0.4 is 0 Å². The minimum atomic E-state index is 0.375. The largest absolute Gasteiger partial charge is 0.385 e. The maximum atomic E-state index is 5.88. The minimum absolute atomic E-state index is 0.375. The molecule has 1 aliphatic rings. The summed E-state index contributed by atoms with van der Waals surface area (Å²) in [5.74, 6) is 0. The van der Waals surface area contributed by atoms with Crippen molar-refractivity contribution in [2.75, 3.05) is 33.5 Å². The summed E-state index contributed by atoms with van der Waals surface area (Å²) in [4.78, 5) is 0.526. The zero-order valence-corrected chi connectivity index (χ0v) is 12.4. The fourth-order valence-electron chi connectivity index (χ4n) is 2.08. The molecule has 0 aromatic heterocycles. The van der Waals surface area contributed by atoms with E-state index in [2.05, 4.69) is 15.9 Å². The number of alkyl halides is 1. The normalized spacial score (nSPS) is 25.8. The van der Waals surface area contributed by atoms with Gasteiger partial charge in [0.1, 0.15) is 0 Å². The predicted molar refractivity (Wildman–Crippen MR) is 72.9 cm³/mol. The highest BCUT2D eigenvalue weighted by Gasteiger charge is 2.21. The molecule has 2 unspecified atom stereocenters. The third-order valence-corrected chi connectivity index (χ3v) is 4.12. The summed E-state index contributed by atoms with van der Waals surface area (Å²) in [5.41, 5.74) is 0. The summed E-state index contributed by atoms with van der Waals surface area (Å²) in [6.07, 6.45) is 7.71. The van der Waals surface area contributed by atoms with Gasteiger partial charge in [-0.15, -0.1) is 0 Å². The first kappa shape index (κ1) is 15.4. The van der Waals surface area contributed by atoms with Crippen LogP contribution in [0.5, 0.6) is 0 Å². The average Bonchev–Trinajstić information content (AvgIpc) is 2.53. The van der Waals surface area contributed by atoms with Crippen molar-refractivity contribution in [1.82, 2.24) is 0 Å². The Labute approximate surface area is 113 Å². The van der Waals surface area contributed by atoms with Crippen LogP contribution in [0.4, 0.5) is 0 Å². The number of ether oxygens (including phenoxy) is 3. The van der Waals surface area contributed by atoms with Crippen LogP contribution in [0.1, 0.15) is 38.5 Å². The van der Waals surface area contributed by atoms with Crippen molar-refractivity contribution in [2.24, 2.45) is 0 Å². The van der Waals surface area contributed by atoms with E-state index in [0.717, 1.165) is 19.6 Å². The first-order chi connectivity index (χ1) is 8.34. The summed E-state index contributed by atoms with van der Waals surface area (Å²) < 4.78 is 16.3. The van der Waals surface area contributed by atoms with E-state index in [1.54, 1.807) is 7.11 Å². The van der Waals surface area contributed by atoms with Gasteiger partial charge in [0.25, 0.3) is 0 Å². The van der Waals surface area contributed by atoms with Crippen LogP contribution in [0.3, 0.4) is 0 Å². The van der Waals surface area contributed by atoms with Gasteiger partial charge in [-0.2, -0.15) is 0 Å². The molecule has 102 valence electrons. The summed E-state index contributed by atoms with van der Waals surface area (Å²) in [7, 11) is 1.71. The van der Waals surface area contributed by atoms with E-state index in [1.807, 2.05) is 0 Å². The van der Waals surface area contributed by atoms with Crippen LogP contribution >= 0.6 is 15.9 Å². The van der Waals surface area contributed by atoms with Crippen molar-refractivity contribution in [3.8, 4) is 0 Å². The molecular formula is C13H25BrO3. The van der Waals surface area contributed by atoms with Gasteiger partial charge in [-0.3, -0.25) is 0 Å². The van der Waals surface area contributed by atoms with E-state index in [0.29, 0.717) is 24.1 Å². The maximum Gasteiger partial charge on any atom is 0.0704 e. The van der Waals surface area contributed by atoms with E-state index >= 15 is 0 Å². The topological polar surface area (TPSA) is 27.7 Å². The van der Waals surface area contributed by atoms with Gasteiger partial charge in [0.15, 0.2) is 0 Å². The quantitative estimate of drug-likeness (QED) is 0.392. The van der Waals surface area contributed by atoms with Crippen molar-refractivity contribution in [2.45, 2.75) is 49.5 Å². The van der Waals surface area contributed by atoms with Gasteiger partial charge in [-0.05, 0) is 19.3 Å². The van der Waals surface area contributed by atoms with E-state index in [9.17, 15) is 0 Å². The van der Waals surface area contributed by atoms with Crippen molar-refractivity contribution < 1.29 is 14.2 Å². The Morgan fingerprint density at radius 2 is 1.82 bits per heavy atom. The predicted octanol–water partition coefficient (Wildman–Crippen LogP) is 3.15. The smallest absolute Gasteiger partial charge is 0.0704 e. The van der Waals surface area contributed by atoms with Crippen molar-refractivity contribution in [1.29, 1.82) is 0 Å². The van der Waals surface area contributed by atoms with Gasteiger partial charge < -0.3 is 14.2 Å². The third-order valence-electron chi connectivity index (χ3n) is 3.07. The molecule has 0 radical (unpaired) electrons. The average molecular weight is 309 g/mol. The number of rotatable bonds is 8. The Morgan fingerprint density at radius 1 is 1.00 bits per heavy atom. The number of halogens is 1. The molecule has 0 aliphatic heterocycles. The second kappa shape index (κ2) is 10.3. The molecule has 17 heavy (non-hydrogen) atoms. The Morgan fingerprint density at radius 3 is 2.65 bits per heavy atom. The van der Waals surface area contributed by atoms with E-state index < -0.39 is 0 Å². The molecular weight excluding hydrogens is 284 g/mol. The fraction of sp³-hybridized carbons (Fsp3) is 1.00. The lowest BCUT2D eigenvalue weighted by Crippen LogP contribution is -2.24. The van der Waals surface area contributed by atoms with Gasteiger partial charge in [0.2, 0.25) is 0 Å². The second-order valence-electron chi connectivity index (χ2n) is 4.52. The van der Waals surface area contributed by atoms with Crippen molar-refractivity contribution in [3.63, 3.8) is 0 Å². The molecule has 1 rings (SSSR count). The second-order valence-corrected chi connectivity index (χ2v) is 5.70. The SMILES string of the molecule is COCCCOCCOC1CCCCCC1Br. The highest BCUT2D eigenvalue weighted by Crippen LogP contribution is 2.25. The summed E-state index contributed by atoms with van der Waals surface area (Å²) >= 11 is 3.73. The van der Waals surface area contributed by atoms with Crippen LogP contribution in [0.15, 0.2) is 0 Å². The van der Waals surface area contributed by atoms with Gasteiger partial charge in [0.05, 0.1) is 19.3 Å². The molecule has 3 nitrogen and oxygen atoms in total. The van der Waals surface area contributed by atoms with Crippen LogP contribution in [-0.4, -0.2) is 44.5 Å². The summed E-state index contributed by atoms with van der Waals surface area (Å²) in [6.45, 7) is 2.94. The molecule has 0 aromatic rings. The molecule has 0 aromatic carbocycles. The van der Waals surface area contributed by atoms with Gasteiger partial charge >= 0.3 is 0 Å². The Hall–Kier alpha value is 0.360. The highest BCUT2D eigenvalue weighted by molar-refractivity contribution is 9.09. The van der Waals surface area contributed by atoms with Crippen LogP contribution in [0.2, 0.25) is 0 Å². The lowest BCUT2D eigenvalue weighted by Gasteiger charge is -2.20. The molecule has 0 bridgehead atoms. The molecule has 0 spiro atoms. The number of hydrogen-bond donors (Lipinski definition) is 0. The lowest BCUT2D eigenvalue weighted by molar-refractivity contribution is -0.000965. The molecule has 4 heteroatoms. The molecule has 1 fully saturated rings. The molecule has 0 heterocycles. The van der Waals surface area contributed by atoms with Gasteiger partial charge in [-0.25, -0.2) is 0 Å². The van der Waals surface area contributed by atoms with Crippen molar-refractivity contribution in [3.05, 3.63) is 0 Å². The molecule has 1 aliphatic carbocycles. The van der Waals surface area contributed by atoms with E-state index in [-0.39, 0.29) is 0 Å². The summed E-state index contributed by atoms with van der Waals surface area (Å²) in [5, 5.41) is 0. The Bertz CT molecular complexity index is 178. The van der Waals surface area contributed by atoms with E-state index in [4.69, 9.17) is 14.2 Å². The number of hydrogen-bond acceptors (Lipinski definition) is 3. The van der Waals surface area contributed by atoms with Gasteiger partial charge in [-0.1, -0.05) is 35.2 Å². The lowest BCUT2D eigenvalue weighted by atomic mass is 10.1. The monoisotopic (exact) mass is 308 g/mol. The zero-order chi connectivity index (χ0) is 12.3. The molecule has 1 saturated carbocycles. The highest BCUT2D eigenvalue weighted by atomic mass is 79.9. The Balaban J connectivity index is 1.97. The third kappa shape index (κ3) is 7.39. The summed E-state index contributed by atoms with van der Waals surface area (Å²) in [6, 6.07) is 0. The Kier molecular flexibility index (Phi) is 9.34. The zero-order valence-electron chi connectivity index (χ0n) is 10.8. The van der Waals surface area contributed by atoms with E-state index in [1.165, 1.54) is 32.1 Å². The first-order valence-electron chi connectivity index (χ1n) is 6.67. The minimum Gasteiger partial charge on any atom is -0.385 e. The molecule has 0 amide bonds. The van der Waals surface area contributed by atoms with Gasteiger partial charge in [0, 0.05) is 25.2 Å². The molecule has 0 N–H and O–H groups in total.